The highest BCUT2D eigenvalue weighted by Crippen LogP contribution is 2.38. The number of aliphatic hydroxyl groups is 9. The first-order valence-corrected chi connectivity index (χ1v) is 22.2. The number of aliphatic carboxylic acids is 1. The number of allylic oxidation sites excluding steroid dienone is 12. The van der Waals surface area contributed by atoms with E-state index in [4.69, 9.17) is 24.7 Å². The van der Waals surface area contributed by atoms with E-state index in [2.05, 4.69) is 0 Å². The second-order valence-electron chi connectivity index (χ2n) is 17.5. The summed E-state index contributed by atoms with van der Waals surface area (Å²) >= 11 is 0. The number of ether oxygens (including phenoxy) is 4. The molecular formula is C47H73NO16. The second-order valence-corrected chi connectivity index (χ2v) is 17.5. The van der Waals surface area contributed by atoms with Gasteiger partial charge in [0.25, 0.3) is 0 Å². The summed E-state index contributed by atoms with van der Waals surface area (Å²) in [5.41, 5.74) is 6.12. The number of esters is 1. The first kappa shape index (κ1) is 54.9. The predicted octanol–water partition coefficient (Wildman–Crippen LogP) is 1.74. The van der Waals surface area contributed by atoms with Gasteiger partial charge in [-0.05, 0) is 33.1 Å². The van der Waals surface area contributed by atoms with Crippen molar-refractivity contribution in [2.75, 3.05) is 0 Å². The Balaban J connectivity index is 1.84. The topological polar surface area (TPSA) is 299 Å². The van der Waals surface area contributed by atoms with Gasteiger partial charge in [0.2, 0.25) is 0 Å². The Bertz CT molecular complexity index is 1620. The number of nitrogens with two attached hydrogens (primary N) is 1. The molecule has 3 aliphatic heterocycles. The molecule has 2 fully saturated rings. The maximum atomic E-state index is 12.6. The average Bonchev–Trinajstić information content (AvgIpc) is 3.19. The summed E-state index contributed by atoms with van der Waals surface area (Å²) in [5, 5.41) is 107. The molecule has 64 heavy (non-hydrogen) atoms. The van der Waals surface area contributed by atoms with Gasteiger partial charge in [-0.3, -0.25) is 9.59 Å². The number of carbonyl (C=O) groups is 2. The maximum Gasteiger partial charge on any atom is 0.311 e. The van der Waals surface area contributed by atoms with Crippen LogP contribution in [0, 0.1) is 17.8 Å². The highest BCUT2D eigenvalue weighted by molar-refractivity contribution is 5.71. The van der Waals surface area contributed by atoms with E-state index in [0.29, 0.717) is 0 Å². The van der Waals surface area contributed by atoms with Crippen LogP contribution in [0.5, 0.6) is 0 Å². The molecular weight excluding hydrogens is 835 g/mol. The number of aliphatic hydroxyl groups excluding tert-OH is 8. The van der Waals surface area contributed by atoms with Crippen molar-refractivity contribution in [2.45, 2.75) is 177 Å². The fraction of sp³-hybridized carbons (Fsp3) is 0.660. The van der Waals surface area contributed by atoms with Gasteiger partial charge in [-0.2, -0.15) is 0 Å². The smallest absolute Gasteiger partial charge is 0.311 e. The summed E-state index contributed by atoms with van der Waals surface area (Å²) in [6, 6.07) is -0.671. The van der Waals surface area contributed by atoms with Crippen molar-refractivity contribution in [2.24, 2.45) is 23.5 Å². The Morgan fingerprint density at radius 2 is 1.25 bits per heavy atom. The Morgan fingerprint density at radius 3 is 1.83 bits per heavy atom. The predicted molar refractivity (Wildman–Crippen MR) is 236 cm³/mol. The molecule has 0 aromatic carbocycles. The van der Waals surface area contributed by atoms with Crippen molar-refractivity contribution in [3.05, 3.63) is 85.1 Å². The Kier molecular flexibility index (Phi) is 23.4. The number of carboxylic acid groups (broad SMARTS) is 1. The fourth-order valence-electron chi connectivity index (χ4n) is 7.98. The SMILES string of the molecule is C[C@@H]1[C@H](O)[C@@H](C)/C=C/C=C/C=C/C=C/C=C/C=C/C=C/[C@H](OC2C[C@H](N)[C@H](O)[C@H](C)O2)C[C@@H]2O[C@](O)(C[C@@H](O)C[C@@H](O)[C@H](O)CC[C@@H](O)C[C@@H](O)CC(=O)O[C@H]1C)C[C@H](O)[C@H]2C(=O)O. The van der Waals surface area contributed by atoms with Gasteiger partial charge in [0.1, 0.15) is 12.0 Å². The molecule has 2 bridgehead atoms. The van der Waals surface area contributed by atoms with Crippen LogP contribution in [0.1, 0.15) is 85.5 Å². The van der Waals surface area contributed by atoms with E-state index in [-0.39, 0.29) is 38.0 Å². The van der Waals surface area contributed by atoms with Gasteiger partial charge in [-0.1, -0.05) is 98.9 Å². The third-order valence-electron chi connectivity index (χ3n) is 11.9. The molecule has 12 N–H and O–H groups in total. The number of hydrogen-bond donors (Lipinski definition) is 11. The summed E-state index contributed by atoms with van der Waals surface area (Å²) in [4.78, 5) is 25.1. The lowest BCUT2D eigenvalue weighted by Crippen LogP contribution is -2.56. The van der Waals surface area contributed by atoms with Crippen molar-refractivity contribution < 1.29 is 79.6 Å². The zero-order chi connectivity index (χ0) is 47.6. The molecule has 17 heteroatoms. The molecule has 0 spiro atoms. The molecule has 0 amide bonds. The van der Waals surface area contributed by atoms with Crippen LogP contribution < -0.4 is 5.73 Å². The van der Waals surface area contributed by atoms with Crippen LogP contribution in [-0.2, 0) is 28.5 Å². The van der Waals surface area contributed by atoms with Gasteiger partial charge < -0.3 is 75.7 Å². The van der Waals surface area contributed by atoms with Gasteiger partial charge in [0.05, 0.1) is 73.6 Å². The molecule has 2 saturated heterocycles. The molecule has 0 radical (unpaired) electrons. The normalized spacial score (nSPS) is 44.8. The molecule has 3 aliphatic rings. The van der Waals surface area contributed by atoms with Crippen molar-refractivity contribution in [3.63, 3.8) is 0 Å². The van der Waals surface area contributed by atoms with Gasteiger partial charge in [0.15, 0.2) is 12.1 Å². The number of fused-ring (bicyclic) bond motifs is 2. The number of carboxylic acids is 1. The van der Waals surface area contributed by atoms with Crippen LogP contribution in [0.3, 0.4) is 0 Å². The summed E-state index contributed by atoms with van der Waals surface area (Å²) < 4.78 is 23.5. The maximum absolute atomic E-state index is 12.6. The third kappa shape index (κ3) is 18.8. The monoisotopic (exact) mass is 907 g/mol. The fourth-order valence-corrected chi connectivity index (χ4v) is 7.98. The Labute approximate surface area is 376 Å². The van der Waals surface area contributed by atoms with Gasteiger partial charge >= 0.3 is 11.9 Å². The van der Waals surface area contributed by atoms with Crippen LogP contribution in [-0.4, -0.2) is 154 Å². The number of rotatable bonds is 3. The first-order chi connectivity index (χ1) is 30.2. The molecule has 3 rings (SSSR count). The van der Waals surface area contributed by atoms with Crippen molar-refractivity contribution >= 4 is 11.9 Å². The summed E-state index contributed by atoms with van der Waals surface area (Å²) in [6.07, 6.45) is 7.24. The average molecular weight is 908 g/mol. The highest BCUT2D eigenvalue weighted by atomic mass is 16.7. The molecule has 0 aromatic heterocycles. The van der Waals surface area contributed by atoms with Crippen LogP contribution in [0.15, 0.2) is 85.1 Å². The van der Waals surface area contributed by atoms with Gasteiger partial charge in [0, 0.05) is 50.0 Å². The molecule has 0 saturated carbocycles. The molecule has 1 unspecified atom stereocenters. The van der Waals surface area contributed by atoms with Crippen LogP contribution in [0.25, 0.3) is 0 Å². The van der Waals surface area contributed by atoms with E-state index in [1.807, 2.05) is 49.5 Å². The molecule has 17 nitrogen and oxygen atoms in total. The van der Waals surface area contributed by atoms with Crippen molar-refractivity contribution in [3.8, 4) is 0 Å². The Morgan fingerprint density at radius 1 is 0.672 bits per heavy atom. The quantitative estimate of drug-likeness (QED) is 0.180. The van der Waals surface area contributed by atoms with Crippen molar-refractivity contribution in [1.29, 1.82) is 0 Å². The standard InChI is InChI=1S/C47H73NO16/c1-28-17-15-13-11-9-7-5-6-8-10-12-14-16-18-35(63-42-25-36(48)45(57)31(4)62-42)24-40-43(46(58)59)39(54)27-47(60,64-40)26-34(51)22-38(53)37(52)20-19-32(49)21-33(50)23-41(55)61-30(3)29(2)44(28)56/h5-18,28-40,42-45,49-54,56-57,60H,19-27,48H2,1-4H3,(H,58,59)/b6-5+,9-7+,10-8+,13-11+,14-12+,17-15+,18-16+/t28-,29-,30-,31-,32+,33+,34-,35-,36-,37+,38+,39-,40-,42?,43+,44+,45+,47+/m0/s1. The number of cyclic esters (lactones) is 1. The molecule has 0 aromatic rings. The van der Waals surface area contributed by atoms with E-state index in [1.54, 1.807) is 63.3 Å². The largest absolute Gasteiger partial charge is 0.481 e. The lowest BCUT2D eigenvalue weighted by Gasteiger charge is -2.45. The summed E-state index contributed by atoms with van der Waals surface area (Å²) in [7, 11) is 0. The minimum atomic E-state index is -2.27. The van der Waals surface area contributed by atoms with Gasteiger partial charge in [-0.25, -0.2) is 0 Å². The first-order valence-electron chi connectivity index (χ1n) is 22.2. The number of carbonyl (C=O) groups excluding carboxylic acids is 1. The minimum Gasteiger partial charge on any atom is -0.481 e. The lowest BCUT2D eigenvalue weighted by atomic mass is 9.82. The van der Waals surface area contributed by atoms with Crippen LogP contribution >= 0.6 is 0 Å². The molecule has 18 atom stereocenters. The lowest BCUT2D eigenvalue weighted by molar-refractivity contribution is -0.304. The molecule has 3 heterocycles. The van der Waals surface area contributed by atoms with Crippen molar-refractivity contribution in [1.82, 2.24) is 0 Å². The van der Waals surface area contributed by atoms with E-state index >= 15 is 0 Å². The number of hydrogen-bond acceptors (Lipinski definition) is 16. The third-order valence-corrected chi connectivity index (χ3v) is 11.9. The van der Waals surface area contributed by atoms with Crippen LogP contribution in [0.4, 0.5) is 0 Å². The van der Waals surface area contributed by atoms with E-state index in [9.17, 15) is 60.7 Å². The summed E-state index contributed by atoms with van der Waals surface area (Å²) in [6.45, 7) is 6.87. The second kappa shape index (κ2) is 27.3. The van der Waals surface area contributed by atoms with E-state index < -0.39 is 141 Å². The minimum absolute atomic E-state index is 0.0903. The molecule has 362 valence electrons. The zero-order valence-corrected chi connectivity index (χ0v) is 37.3. The zero-order valence-electron chi connectivity index (χ0n) is 37.3. The highest BCUT2D eigenvalue weighted by Gasteiger charge is 2.50. The summed E-state index contributed by atoms with van der Waals surface area (Å²) in [5.74, 6) is -6.62. The molecule has 0 aliphatic carbocycles. The van der Waals surface area contributed by atoms with Gasteiger partial charge in [-0.15, -0.1) is 0 Å². The van der Waals surface area contributed by atoms with Crippen LogP contribution in [0.2, 0.25) is 0 Å². The van der Waals surface area contributed by atoms with E-state index in [0.717, 1.165) is 0 Å². The van der Waals surface area contributed by atoms with E-state index in [1.165, 1.54) is 0 Å². The Hall–Kier alpha value is -3.40.